The number of thioether (sulfide) groups is 1. The van der Waals surface area contributed by atoms with E-state index >= 15 is 0 Å². The first-order valence-electron chi connectivity index (χ1n) is 4.52. The van der Waals surface area contributed by atoms with Crippen molar-refractivity contribution in [2.75, 3.05) is 32.1 Å². The molecule has 0 atom stereocenters. The van der Waals surface area contributed by atoms with Crippen LogP contribution in [0.25, 0.3) is 0 Å². The third kappa shape index (κ3) is 3.68. The minimum Gasteiger partial charge on any atom is -0.395 e. The van der Waals surface area contributed by atoms with Gasteiger partial charge in [-0.1, -0.05) is 0 Å². The second kappa shape index (κ2) is 5.32. The quantitative estimate of drug-likeness (QED) is 0.637. The van der Waals surface area contributed by atoms with Gasteiger partial charge in [-0.3, -0.25) is 0 Å². The van der Waals surface area contributed by atoms with E-state index in [4.69, 9.17) is 5.73 Å². The van der Waals surface area contributed by atoms with Crippen molar-refractivity contribution >= 4 is 17.4 Å². The van der Waals surface area contributed by atoms with Crippen LogP contribution in [0, 0.1) is 11.6 Å². The van der Waals surface area contributed by atoms with E-state index in [-0.39, 0.29) is 5.69 Å². The Morgan fingerprint density at radius 1 is 1.33 bits per heavy atom. The lowest BCUT2D eigenvalue weighted by atomic mass is 10.3. The van der Waals surface area contributed by atoms with E-state index in [0.717, 1.165) is 18.4 Å². The maximum atomic E-state index is 13.0. The fraction of sp³-hybridized carbons (Fsp3) is 0.400. The molecule has 0 saturated heterocycles. The lowest BCUT2D eigenvalue weighted by Gasteiger charge is -2.10. The average molecular weight is 232 g/mol. The van der Waals surface area contributed by atoms with Crippen molar-refractivity contribution < 1.29 is 8.78 Å². The molecule has 84 valence electrons. The minimum absolute atomic E-state index is 0.0279. The molecule has 0 fully saturated rings. The van der Waals surface area contributed by atoms with Gasteiger partial charge < -0.3 is 10.6 Å². The predicted molar refractivity (Wildman–Crippen MR) is 60.0 cm³/mol. The van der Waals surface area contributed by atoms with Crippen molar-refractivity contribution in [2.45, 2.75) is 4.90 Å². The van der Waals surface area contributed by atoms with Gasteiger partial charge in [0, 0.05) is 23.3 Å². The summed E-state index contributed by atoms with van der Waals surface area (Å²) in [5, 5.41) is 0. The molecule has 0 spiro atoms. The largest absolute Gasteiger partial charge is 0.395 e. The van der Waals surface area contributed by atoms with Crippen molar-refractivity contribution in [3.63, 3.8) is 0 Å². The van der Waals surface area contributed by atoms with Crippen LogP contribution in [-0.2, 0) is 0 Å². The molecule has 0 saturated carbocycles. The Morgan fingerprint density at radius 3 is 2.60 bits per heavy atom. The molecule has 5 heteroatoms. The van der Waals surface area contributed by atoms with Gasteiger partial charge in [-0.2, -0.15) is 0 Å². The van der Waals surface area contributed by atoms with Gasteiger partial charge in [-0.15, -0.1) is 11.8 Å². The SMILES string of the molecule is CN(C)CCSc1cc(F)cc(F)c1N. The third-order valence-electron chi connectivity index (χ3n) is 1.85. The van der Waals surface area contributed by atoms with Crippen LogP contribution in [0.5, 0.6) is 0 Å². The van der Waals surface area contributed by atoms with E-state index in [0.29, 0.717) is 4.90 Å². The molecule has 0 aliphatic rings. The molecule has 0 bridgehead atoms. The molecular weight excluding hydrogens is 218 g/mol. The second-order valence-electron chi connectivity index (χ2n) is 3.45. The zero-order chi connectivity index (χ0) is 11.4. The highest BCUT2D eigenvalue weighted by Gasteiger charge is 2.08. The van der Waals surface area contributed by atoms with Crippen molar-refractivity contribution in [2.24, 2.45) is 0 Å². The molecule has 2 nitrogen and oxygen atoms in total. The topological polar surface area (TPSA) is 29.3 Å². The summed E-state index contributed by atoms with van der Waals surface area (Å²) >= 11 is 1.36. The Morgan fingerprint density at radius 2 is 2.00 bits per heavy atom. The Labute approximate surface area is 92.4 Å². The minimum atomic E-state index is -0.692. The third-order valence-corrected chi connectivity index (χ3v) is 2.89. The number of hydrogen-bond donors (Lipinski definition) is 1. The molecule has 15 heavy (non-hydrogen) atoms. The van der Waals surface area contributed by atoms with Crippen LogP contribution in [0.2, 0.25) is 0 Å². The van der Waals surface area contributed by atoms with Crippen LogP contribution >= 0.6 is 11.8 Å². The van der Waals surface area contributed by atoms with Gasteiger partial charge in [0.25, 0.3) is 0 Å². The lowest BCUT2D eigenvalue weighted by Crippen LogP contribution is -2.14. The zero-order valence-corrected chi connectivity index (χ0v) is 9.57. The molecule has 1 aromatic carbocycles. The molecule has 0 heterocycles. The van der Waals surface area contributed by atoms with Crippen LogP contribution in [0.15, 0.2) is 17.0 Å². The van der Waals surface area contributed by atoms with Crippen molar-refractivity contribution in [1.82, 2.24) is 4.90 Å². The number of nitrogen functional groups attached to an aromatic ring is 1. The van der Waals surface area contributed by atoms with E-state index in [9.17, 15) is 8.78 Å². The van der Waals surface area contributed by atoms with E-state index in [2.05, 4.69) is 0 Å². The number of hydrogen-bond acceptors (Lipinski definition) is 3. The molecule has 1 aromatic rings. The van der Waals surface area contributed by atoms with E-state index < -0.39 is 11.6 Å². The normalized spacial score (nSPS) is 11.0. The number of benzene rings is 1. The van der Waals surface area contributed by atoms with Crippen LogP contribution in [0.1, 0.15) is 0 Å². The molecule has 1 rings (SSSR count). The zero-order valence-electron chi connectivity index (χ0n) is 8.76. The molecule has 0 aliphatic heterocycles. The van der Waals surface area contributed by atoms with Gasteiger partial charge in [-0.05, 0) is 20.2 Å². The summed E-state index contributed by atoms with van der Waals surface area (Å²) in [6.07, 6.45) is 0. The first-order chi connectivity index (χ1) is 7.00. The predicted octanol–water partition coefficient (Wildman–Crippen LogP) is 2.20. The van der Waals surface area contributed by atoms with Crippen molar-refractivity contribution in [3.8, 4) is 0 Å². The van der Waals surface area contributed by atoms with Crippen LogP contribution in [-0.4, -0.2) is 31.3 Å². The van der Waals surface area contributed by atoms with Crippen LogP contribution < -0.4 is 5.73 Å². The molecule has 0 aromatic heterocycles. The highest BCUT2D eigenvalue weighted by atomic mass is 32.2. The number of anilines is 1. The van der Waals surface area contributed by atoms with E-state index in [1.165, 1.54) is 17.8 Å². The Kier molecular flexibility index (Phi) is 4.35. The first-order valence-corrected chi connectivity index (χ1v) is 5.51. The van der Waals surface area contributed by atoms with Crippen LogP contribution in [0.3, 0.4) is 0 Å². The summed E-state index contributed by atoms with van der Waals surface area (Å²) in [7, 11) is 3.88. The van der Waals surface area contributed by atoms with Gasteiger partial charge >= 0.3 is 0 Å². The summed E-state index contributed by atoms with van der Waals surface area (Å²) in [4.78, 5) is 2.47. The highest BCUT2D eigenvalue weighted by Crippen LogP contribution is 2.28. The Balaban J connectivity index is 2.68. The fourth-order valence-electron chi connectivity index (χ4n) is 1.02. The molecule has 2 N–H and O–H groups in total. The monoisotopic (exact) mass is 232 g/mol. The summed E-state index contributed by atoms with van der Waals surface area (Å²) in [6.45, 7) is 0.836. The summed E-state index contributed by atoms with van der Waals surface area (Å²) in [5.41, 5.74) is 5.52. The molecule has 0 radical (unpaired) electrons. The van der Waals surface area contributed by atoms with Gasteiger partial charge in [0.15, 0.2) is 0 Å². The second-order valence-corrected chi connectivity index (χ2v) is 4.59. The first kappa shape index (κ1) is 12.3. The number of nitrogens with two attached hydrogens (primary N) is 1. The average Bonchev–Trinajstić information content (AvgIpc) is 2.12. The van der Waals surface area contributed by atoms with Crippen molar-refractivity contribution in [1.29, 1.82) is 0 Å². The Hall–Kier alpha value is -0.810. The van der Waals surface area contributed by atoms with Gasteiger partial charge in [0.05, 0.1) is 5.69 Å². The molecule has 0 amide bonds. The van der Waals surface area contributed by atoms with Crippen molar-refractivity contribution in [3.05, 3.63) is 23.8 Å². The summed E-state index contributed by atoms with van der Waals surface area (Å²) < 4.78 is 25.9. The molecule has 0 unspecified atom stereocenters. The maximum absolute atomic E-state index is 13.0. The molecule has 0 aliphatic carbocycles. The van der Waals surface area contributed by atoms with Crippen LogP contribution in [0.4, 0.5) is 14.5 Å². The molecular formula is C10H14F2N2S. The summed E-state index contributed by atoms with van der Waals surface area (Å²) in [5.74, 6) is -0.531. The number of rotatable bonds is 4. The number of nitrogens with zero attached hydrogens (tertiary/aromatic N) is 1. The van der Waals surface area contributed by atoms with Gasteiger partial charge in [0.1, 0.15) is 11.6 Å². The fourth-order valence-corrected chi connectivity index (χ4v) is 2.14. The lowest BCUT2D eigenvalue weighted by molar-refractivity contribution is 0.437. The van der Waals surface area contributed by atoms with E-state index in [1.807, 2.05) is 19.0 Å². The van der Waals surface area contributed by atoms with Gasteiger partial charge in [-0.25, -0.2) is 8.78 Å². The van der Waals surface area contributed by atoms with E-state index in [1.54, 1.807) is 0 Å². The smallest absolute Gasteiger partial charge is 0.150 e. The van der Waals surface area contributed by atoms with Gasteiger partial charge in [0.2, 0.25) is 0 Å². The summed E-state index contributed by atoms with van der Waals surface area (Å²) in [6, 6.07) is 2.06. The standard InChI is InChI=1S/C10H14F2N2S/c1-14(2)3-4-15-9-6-7(11)5-8(12)10(9)13/h5-6H,3-4,13H2,1-2H3. The number of halogens is 2. The highest BCUT2D eigenvalue weighted by molar-refractivity contribution is 7.99. The Bertz CT molecular complexity index is 342. The maximum Gasteiger partial charge on any atom is 0.150 e.